The van der Waals surface area contributed by atoms with Gasteiger partial charge in [-0.15, -0.1) is 0 Å². The molecular weight excluding hydrogens is 528 g/mol. The largest absolute Gasteiger partial charge is 0.387 e. The Morgan fingerprint density at radius 1 is 1.10 bits per heavy atom. The second kappa shape index (κ2) is 14.1. The number of ether oxygens (including phenoxy) is 1. The Morgan fingerprint density at radius 3 is 2.75 bits per heavy atom. The van der Waals surface area contributed by atoms with Gasteiger partial charge in [-0.2, -0.15) is 11.8 Å². The maximum absolute atomic E-state index is 10.8. The number of aliphatic imine (C=N–C) groups is 1. The molecule has 40 heavy (non-hydrogen) atoms. The van der Waals surface area contributed by atoms with Gasteiger partial charge in [-0.05, 0) is 49.3 Å². The zero-order valence-electron chi connectivity index (χ0n) is 22.7. The molecular formula is C28H40N8O3S. The molecule has 1 aromatic carbocycles. The summed E-state index contributed by atoms with van der Waals surface area (Å²) in [7, 11) is 0. The normalized spacial score (nSPS) is 23.4. The third kappa shape index (κ3) is 7.22. The number of benzene rings is 1. The van der Waals surface area contributed by atoms with Crippen molar-refractivity contribution in [3.05, 3.63) is 48.5 Å². The molecule has 3 heterocycles. The van der Waals surface area contributed by atoms with Crippen molar-refractivity contribution in [3.63, 3.8) is 0 Å². The molecule has 0 spiro atoms. The smallest absolute Gasteiger partial charge is 0.188 e. The first-order valence-corrected chi connectivity index (χ1v) is 15.3. The maximum atomic E-state index is 10.8. The summed E-state index contributed by atoms with van der Waals surface area (Å²) in [6.07, 6.45) is 6.35. The molecule has 0 radical (unpaired) electrons. The minimum absolute atomic E-state index is 0.498. The van der Waals surface area contributed by atoms with Crippen LogP contribution in [0.2, 0.25) is 0 Å². The lowest BCUT2D eigenvalue weighted by molar-refractivity contribution is -0.0289. The Labute approximate surface area is 239 Å². The van der Waals surface area contributed by atoms with Crippen LogP contribution in [0.4, 0.5) is 5.82 Å². The van der Waals surface area contributed by atoms with E-state index >= 15 is 0 Å². The standard InChI is InChI=1S/C28H40N8O3S/c29-28(32-15-20-9-4-10-20)31-13-6-14-40-16-21-23(37)24(38)27(39-21)36-18-35-22-25(33-17-34-26(22)36)30-12-5-11-19-7-2-1-3-8-19/h1-3,7-8,17-18,20-21,23-24,27,37-38H,4-6,9-16H2,(H3,29,31,32)(H,30,33,34)/t21-,23-,24-,27-/m1/s1. The van der Waals surface area contributed by atoms with Gasteiger partial charge >= 0.3 is 0 Å². The summed E-state index contributed by atoms with van der Waals surface area (Å²) in [5.74, 6) is 3.29. The summed E-state index contributed by atoms with van der Waals surface area (Å²) in [6.45, 7) is 2.30. The highest BCUT2D eigenvalue weighted by molar-refractivity contribution is 7.99. The second-order valence-corrected chi connectivity index (χ2v) is 11.6. The molecule has 1 aliphatic heterocycles. The fourth-order valence-corrected chi connectivity index (χ4v) is 5.98. The number of aliphatic hydroxyl groups is 2. The van der Waals surface area contributed by atoms with E-state index in [2.05, 4.69) is 42.7 Å². The number of fused-ring (bicyclic) bond motifs is 1. The molecule has 4 atom stereocenters. The highest BCUT2D eigenvalue weighted by Gasteiger charge is 2.44. The topological polar surface area (TPSA) is 156 Å². The van der Waals surface area contributed by atoms with Crippen molar-refractivity contribution >= 4 is 34.7 Å². The van der Waals surface area contributed by atoms with Crippen molar-refractivity contribution in [2.24, 2.45) is 16.6 Å². The number of nitrogens with one attached hydrogen (secondary N) is 2. The van der Waals surface area contributed by atoms with Crippen molar-refractivity contribution in [3.8, 4) is 0 Å². The molecule has 216 valence electrons. The molecule has 1 saturated heterocycles. The number of hydrogen-bond acceptors (Lipinski definition) is 9. The Hall–Kier alpha value is -2.93. The number of rotatable bonds is 14. The van der Waals surface area contributed by atoms with Crippen molar-refractivity contribution in [2.75, 3.05) is 36.5 Å². The monoisotopic (exact) mass is 568 g/mol. The average molecular weight is 569 g/mol. The zero-order chi connectivity index (χ0) is 27.7. The number of aliphatic hydroxyl groups excluding tert-OH is 2. The number of anilines is 1. The van der Waals surface area contributed by atoms with E-state index in [0.717, 1.165) is 44.6 Å². The quantitative estimate of drug-likeness (QED) is 0.111. The first-order chi connectivity index (χ1) is 19.6. The number of aryl methyl sites for hydroxylation is 1. The van der Waals surface area contributed by atoms with Crippen molar-refractivity contribution in [1.82, 2.24) is 24.8 Å². The molecule has 11 nitrogen and oxygen atoms in total. The van der Waals surface area contributed by atoms with Crippen LogP contribution in [-0.4, -0.2) is 85.1 Å². The van der Waals surface area contributed by atoms with Crippen molar-refractivity contribution < 1.29 is 14.9 Å². The van der Waals surface area contributed by atoms with Crippen LogP contribution < -0.4 is 16.4 Å². The number of aromatic nitrogens is 4. The molecule has 0 unspecified atom stereocenters. The van der Waals surface area contributed by atoms with Crippen molar-refractivity contribution in [2.45, 2.75) is 63.1 Å². The fraction of sp³-hybridized carbons (Fsp3) is 0.571. The summed E-state index contributed by atoms with van der Waals surface area (Å²) in [5, 5.41) is 28.0. The van der Waals surface area contributed by atoms with Gasteiger partial charge in [-0.25, -0.2) is 15.0 Å². The highest BCUT2D eigenvalue weighted by atomic mass is 32.2. The van der Waals surface area contributed by atoms with Crippen LogP contribution in [-0.2, 0) is 11.2 Å². The van der Waals surface area contributed by atoms with Crippen LogP contribution in [0.1, 0.15) is 43.9 Å². The van der Waals surface area contributed by atoms with Gasteiger partial charge in [0, 0.05) is 25.4 Å². The van der Waals surface area contributed by atoms with Crippen LogP contribution in [0.15, 0.2) is 48.0 Å². The van der Waals surface area contributed by atoms with E-state index in [1.165, 1.54) is 31.2 Å². The molecule has 5 rings (SSSR count). The minimum Gasteiger partial charge on any atom is -0.387 e. The lowest BCUT2D eigenvalue weighted by atomic mass is 9.86. The lowest BCUT2D eigenvalue weighted by Gasteiger charge is -2.23. The first kappa shape index (κ1) is 28.6. The van der Waals surface area contributed by atoms with Gasteiger partial charge in [-0.1, -0.05) is 36.8 Å². The first-order valence-electron chi connectivity index (χ1n) is 14.2. The summed E-state index contributed by atoms with van der Waals surface area (Å²) >= 11 is 1.68. The maximum Gasteiger partial charge on any atom is 0.188 e. The number of thioether (sulfide) groups is 1. The van der Waals surface area contributed by atoms with Gasteiger partial charge in [-0.3, -0.25) is 9.56 Å². The van der Waals surface area contributed by atoms with Gasteiger partial charge in [0.05, 0.1) is 12.4 Å². The van der Waals surface area contributed by atoms with E-state index in [4.69, 9.17) is 10.5 Å². The van der Waals surface area contributed by atoms with Gasteiger partial charge in [0.15, 0.2) is 29.2 Å². The van der Waals surface area contributed by atoms with E-state index in [-0.39, 0.29) is 0 Å². The number of nitrogens with zero attached hydrogens (tertiary/aromatic N) is 5. The molecule has 1 saturated carbocycles. The van der Waals surface area contributed by atoms with Gasteiger partial charge in [0.2, 0.25) is 0 Å². The Kier molecular flexibility index (Phi) is 10.1. The van der Waals surface area contributed by atoms with E-state index in [1.807, 2.05) is 18.2 Å². The zero-order valence-corrected chi connectivity index (χ0v) is 23.5. The van der Waals surface area contributed by atoms with E-state index in [0.29, 0.717) is 34.6 Å². The fourth-order valence-electron chi connectivity index (χ4n) is 4.96. The SMILES string of the molecule is NC(=NCC1CCC1)NCCCSC[C@H]1O[C@@H](n2cnc3c(NCCCc4ccccc4)ncnc32)[C@H](O)[C@@H]1O. The number of imidazole rings is 1. The lowest BCUT2D eigenvalue weighted by Crippen LogP contribution is -2.34. The molecule has 2 aliphatic rings. The molecule has 2 aromatic heterocycles. The van der Waals surface area contributed by atoms with Gasteiger partial charge in [0.1, 0.15) is 18.5 Å². The molecule has 0 bridgehead atoms. The van der Waals surface area contributed by atoms with E-state index in [1.54, 1.807) is 22.7 Å². The van der Waals surface area contributed by atoms with Crippen LogP contribution in [0.3, 0.4) is 0 Å². The number of nitrogens with two attached hydrogens (primary N) is 1. The molecule has 3 aromatic rings. The predicted octanol–water partition coefficient (Wildman–Crippen LogP) is 2.32. The molecule has 2 fully saturated rings. The molecule has 1 aliphatic carbocycles. The Balaban J connectivity index is 1.07. The third-order valence-electron chi connectivity index (χ3n) is 7.55. The van der Waals surface area contributed by atoms with Gasteiger partial charge in [0.25, 0.3) is 0 Å². The Bertz CT molecular complexity index is 1240. The van der Waals surface area contributed by atoms with E-state index < -0.39 is 24.5 Å². The summed E-state index contributed by atoms with van der Waals surface area (Å²) in [6, 6.07) is 10.4. The highest BCUT2D eigenvalue weighted by Crippen LogP contribution is 2.33. The average Bonchev–Trinajstić information content (AvgIpc) is 3.49. The second-order valence-electron chi connectivity index (χ2n) is 10.5. The number of guanidine groups is 1. The molecule has 0 amide bonds. The predicted molar refractivity (Wildman–Crippen MR) is 158 cm³/mol. The molecule has 12 heteroatoms. The van der Waals surface area contributed by atoms with Gasteiger partial charge < -0.3 is 31.3 Å². The Morgan fingerprint density at radius 2 is 1.95 bits per heavy atom. The van der Waals surface area contributed by atoms with Crippen LogP contribution in [0.5, 0.6) is 0 Å². The van der Waals surface area contributed by atoms with Crippen LogP contribution in [0.25, 0.3) is 11.2 Å². The van der Waals surface area contributed by atoms with Crippen LogP contribution in [0, 0.1) is 5.92 Å². The summed E-state index contributed by atoms with van der Waals surface area (Å²) in [4.78, 5) is 17.7. The van der Waals surface area contributed by atoms with Crippen molar-refractivity contribution in [1.29, 1.82) is 0 Å². The minimum atomic E-state index is -1.09. The third-order valence-corrected chi connectivity index (χ3v) is 8.69. The molecule has 6 N–H and O–H groups in total. The summed E-state index contributed by atoms with van der Waals surface area (Å²) < 4.78 is 7.79. The number of hydrogen-bond donors (Lipinski definition) is 5. The van der Waals surface area contributed by atoms with E-state index in [9.17, 15) is 10.2 Å². The summed E-state index contributed by atoms with van der Waals surface area (Å²) in [5.41, 5.74) is 8.39. The van der Waals surface area contributed by atoms with Crippen LogP contribution >= 0.6 is 11.8 Å².